The van der Waals surface area contributed by atoms with Crippen molar-refractivity contribution < 1.29 is 0 Å². The van der Waals surface area contributed by atoms with Gasteiger partial charge in [-0.25, -0.2) is 0 Å². The molecule has 0 nitrogen and oxygen atoms in total. The fourth-order valence-electron chi connectivity index (χ4n) is 0.715. The second-order valence-electron chi connectivity index (χ2n) is 2.14. The minimum Gasteiger partial charge on any atom is -0.103 e. The first-order valence-electron chi connectivity index (χ1n) is 3.52. The van der Waals surface area contributed by atoms with Gasteiger partial charge in [-0.2, -0.15) is 0 Å². The van der Waals surface area contributed by atoms with Crippen molar-refractivity contribution in [2.75, 3.05) is 0 Å². The van der Waals surface area contributed by atoms with Crippen molar-refractivity contribution in [3.63, 3.8) is 0 Å². The van der Waals surface area contributed by atoms with Crippen molar-refractivity contribution in [3.8, 4) is 0 Å². The maximum atomic E-state index is 3.66. The fourth-order valence-corrected chi connectivity index (χ4v) is 0.715. The molecule has 0 aromatic carbocycles. The highest BCUT2D eigenvalue weighted by Gasteiger charge is 1.81. The summed E-state index contributed by atoms with van der Waals surface area (Å²) >= 11 is 0. The number of rotatable bonds is 5. The first kappa shape index (κ1) is 7.80. The minimum absolute atomic E-state index is 1.19. The molecule has 0 spiro atoms. The molecular weight excluding hydrogens is 94.9 g/mol. The molecule has 0 aliphatic heterocycles. The largest absolute Gasteiger partial charge is 0.103 e. The third-order valence-corrected chi connectivity index (χ3v) is 1.26. The topological polar surface area (TPSA) is 0 Å². The molecule has 0 atom stereocenters. The van der Waals surface area contributed by atoms with Gasteiger partial charge in [0.2, 0.25) is 0 Å². The molecule has 0 aromatic rings. The Labute approximate surface area is 53.4 Å². The zero-order valence-corrected chi connectivity index (χ0v) is 5.82. The maximum Gasteiger partial charge on any atom is 0.101 e. The Kier molecular flexibility index (Phi) is 6.64. The van der Waals surface area contributed by atoms with Crippen LogP contribution in [0.5, 0.6) is 0 Å². The van der Waals surface area contributed by atoms with Crippen LogP contribution in [0.1, 0.15) is 25.7 Å². The van der Waals surface area contributed by atoms with Crippen molar-refractivity contribution in [2.24, 2.45) is 0 Å². The van der Waals surface area contributed by atoms with Crippen molar-refractivity contribution in [3.05, 3.63) is 12.7 Å². The zero-order chi connectivity index (χ0) is 6.24. The summed E-state index contributed by atoms with van der Waals surface area (Å²) in [6.07, 6.45) is 8.61. The van der Waals surface area contributed by atoms with Crippen LogP contribution < -0.4 is 0 Å². The molecule has 46 valence electrons. The number of allylic oxidation sites excluding steroid dienone is 1. The Morgan fingerprint density at radius 2 is 2.00 bits per heavy atom. The first-order valence-corrected chi connectivity index (χ1v) is 3.52. The van der Waals surface area contributed by atoms with Gasteiger partial charge in [0.25, 0.3) is 0 Å². The van der Waals surface area contributed by atoms with E-state index < -0.39 is 0 Å². The average molecular weight is 110 g/mol. The molecule has 0 amide bonds. The van der Waals surface area contributed by atoms with Crippen LogP contribution in [0.2, 0.25) is 6.32 Å². The lowest BCUT2D eigenvalue weighted by Crippen LogP contribution is -1.73. The van der Waals surface area contributed by atoms with Crippen LogP contribution in [0.4, 0.5) is 0 Å². The summed E-state index contributed by atoms with van der Waals surface area (Å²) in [5, 5.41) is 0. The second kappa shape index (κ2) is 6.80. The van der Waals surface area contributed by atoms with Crippen LogP contribution in [0.3, 0.4) is 0 Å². The monoisotopic (exact) mass is 110 g/mol. The lowest BCUT2D eigenvalue weighted by atomic mass is 9.99. The Hall–Kier alpha value is -0.195. The smallest absolute Gasteiger partial charge is 0.101 e. The minimum atomic E-state index is 1.19. The van der Waals surface area contributed by atoms with Gasteiger partial charge in [0.05, 0.1) is 0 Å². The van der Waals surface area contributed by atoms with E-state index in [2.05, 4.69) is 14.4 Å². The van der Waals surface area contributed by atoms with E-state index in [4.69, 9.17) is 0 Å². The summed E-state index contributed by atoms with van der Waals surface area (Å²) < 4.78 is 0. The van der Waals surface area contributed by atoms with E-state index in [1.54, 1.807) is 0 Å². The normalized spacial score (nSPS) is 9.00. The molecule has 0 aromatic heterocycles. The summed E-state index contributed by atoms with van der Waals surface area (Å²) in [7, 11) is 2.23. The zero-order valence-electron chi connectivity index (χ0n) is 5.82. The molecule has 8 heavy (non-hydrogen) atoms. The highest BCUT2D eigenvalue weighted by Crippen LogP contribution is 2.00. The molecular formula is C7H15B. The van der Waals surface area contributed by atoms with Gasteiger partial charge in [0.15, 0.2) is 0 Å². The van der Waals surface area contributed by atoms with Crippen LogP contribution in [-0.2, 0) is 0 Å². The van der Waals surface area contributed by atoms with Gasteiger partial charge in [-0.05, 0) is 12.8 Å². The van der Waals surface area contributed by atoms with E-state index in [1.807, 2.05) is 6.08 Å². The van der Waals surface area contributed by atoms with E-state index in [9.17, 15) is 0 Å². The lowest BCUT2D eigenvalue weighted by Gasteiger charge is -1.91. The van der Waals surface area contributed by atoms with E-state index in [1.165, 1.54) is 32.0 Å². The average Bonchev–Trinajstić information content (AvgIpc) is 1.81. The molecule has 0 bridgehead atoms. The number of hydrogen-bond acceptors (Lipinski definition) is 0. The van der Waals surface area contributed by atoms with Crippen LogP contribution >= 0.6 is 0 Å². The molecule has 0 unspecified atom stereocenters. The Morgan fingerprint density at radius 3 is 2.50 bits per heavy atom. The van der Waals surface area contributed by atoms with Crippen LogP contribution in [-0.4, -0.2) is 7.85 Å². The number of hydrogen-bond donors (Lipinski definition) is 0. The highest BCUT2D eigenvalue weighted by atomic mass is 13.9. The first-order chi connectivity index (χ1) is 3.91. The SMILES string of the molecule is BCCCCCC=C. The van der Waals surface area contributed by atoms with Gasteiger partial charge in [-0.1, -0.05) is 25.2 Å². The van der Waals surface area contributed by atoms with Gasteiger partial charge in [0, 0.05) is 0 Å². The molecule has 0 N–H and O–H groups in total. The standard InChI is InChI=1S/C7H15B/c1-2-3-4-5-6-7-8/h2H,1,3-8H2. The molecule has 0 heterocycles. The van der Waals surface area contributed by atoms with Crippen LogP contribution in [0.25, 0.3) is 0 Å². The van der Waals surface area contributed by atoms with Crippen molar-refractivity contribution in [1.29, 1.82) is 0 Å². The predicted octanol–water partition coefficient (Wildman–Crippen LogP) is 1.78. The maximum absolute atomic E-state index is 3.66. The summed E-state index contributed by atoms with van der Waals surface area (Å²) in [5.74, 6) is 0. The van der Waals surface area contributed by atoms with Gasteiger partial charge in [0.1, 0.15) is 7.85 Å². The third kappa shape index (κ3) is 5.80. The van der Waals surface area contributed by atoms with E-state index in [0.717, 1.165) is 0 Å². The highest BCUT2D eigenvalue weighted by molar-refractivity contribution is 6.08. The van der Waals surface area contributed by atoms with Gasteiger partial charge < -0.3 is 0 Å². The molecule has 0 rings (SSSR count). The van der Waals surface area contributed by atoms with E-state index in [-0.39, 0.29) is 0 Å². The molecule has 0 saturated heterocycles. The molecule has 0 saturated carbocycles. The molecule has 1 heteroatoms. The molecule has 0 fully saturated rings. The number of unbranched alkanes of at least 4 members (excludes halogenated alkanes) is 3. The van der Waals surface area contributed by atoms with Crippen LogP contribution in [0, 0.1) is 0 Å². The predicted molar refractivity (Wildman–Crippen MR) is 42.0 cm³/mol. The van der Waals surface area contributed by atoms with Crippen molar-refractivity contribution >= 4 is 7.85 Å². The Bertz CT molecular complexity index is 50.3. The Balaban J connectivity index is 2.62. The van der Waals surface area contributed by atoms with Gasteiger partial charge in [-0.3, -0.25) is 0 Å². The quantitative estimate of drug-likeness (QED) is 0.287. The van der Waals surface area contributed by atoms with E-state index >= 15 is 0 Å². The van der Waals surface area contributed by atoms with E-state index in [0.29, 0.717) is 0 Å². The van der Waals surface area contributed by atoms with Crippen molar-refractivity contribution in [1.82, 2.24) is 0 Å². The lowest BCUT2D eigenvalue weighted by molar-refractivity contribution is 0.729. The second-order valence-corrected chi connectivity index (χ2v) is 2.14. The van der Waals surface area contributed by atoms with Gasteiger partial charge in [-0.15, -0.1) is 6.58 Å². The van der Waals surface area contributed by atoms with Crippen molar-refractivity contribution in [2.45, 2.75) is 32.0 Å². The van der Waals surface area contributed by atoms with Crippen LogP contribution in [0.15, 0.2) is 12.7 Å². The summed E-state index contributed by atoms with van der Waals surface area (Å²) in [6.45, 7) is 3.66. The molecule has 0 aliphatic carbocycles. The van der Waals surface area contributed by atoms with Gasteiger partial charge >= 0.3 is 0 Å². The molecule has 0 aliphatic rings. The third-order valence-electron chi connectivity index (χ3n) is 1.26. The Morgan fingerprint density at radius 1 is 1.25 bits per heavy atom. The molecule has 0 radical (unpaired) electrons. The summed E-state index contributed by atoms with van der Waals surface area (Å²) in [6, 6.07) is 0. The summed E-state index contributed by atoms with van der Waals surface area (Å²) in [5.41, 5.74) is 0. The summed E-state index contributed by atoms with van der Waals surface area (Å²) in [4.78, 5) is 0. The fraction of sp³-hybridized carbons (Fsp3) is 0.714.